The number of rotatable bonds is 4. The lowest BCUT2D eigenvalue weighted by Crippen LogP contribution is -2.47. The molecule has 2 N–H and O–H groups in total. The Morgan fingerprint density at radius 1 is 1.37 bits per heavy atom. The van der Waals surface area contributed by atoms with Crippen molar-refractivity contribution < 1.29 is 9.21 Å². The second-order valence-corrected chi connectivity index (χ2v) is 4.65. The molecule has 2 rings (SSSR count). The topological polar surface area (TPSA) is 80.0 Å². The Bertz CT molecular complexity index is 564. The van der Waals surface area contributed by atoms with Gasteiger partial charge in [-0.2, -0.15) is 0 Å². The van der Waals surface area contributed by atoms with E-state index in [0.717, 1.165) is 5.56 Å². The van der Waals surface area contributed by atoms with Gasteiger partial charge in [-0.15, -0.1) is 10.2 Å². The lowest BCUT2D eigenvalue weighted by molar-refractivity contribution is -0.121. The molecule has 0 aliphatic carbocycles. The molecule has 0 bridgehead atoms. The summed E-state index contributed by atoms with van der Waals surface area (Å²) in [5.74, 6) is 0.307. The average Bonchev–Trinajstić information content (AvgIpc) is 2.93. The maximum absolute atomic E-state index is 12.0. The second kappa shape index (κ2) is 5.19. The molecule has 0 saturated carbocycles. The molecule has 100 valence electrons. The molecule has 0 unspecified atom stereocenters. The summed E-state index contributed by atoms with van der Waals surface area (Å²) in [5.41, 5.74) is 0.808. The van der Waals surface area contributed by atoms with Crippen molar-refractivity contribution in [2.75, 3.05) is 12.4 Å². The van der Waals surface area contributed by atoms with Crippen LogP contribution >= 0.6 is 0 Å². The largest absolute Gasteiger partial charge is 0.423 e. The van der Waals surface area contributed by atoms with Crippen molar-refractivity contribution >= 4 is 11.6 Å². The Balaban J connectivity index is 2.19. The molecule has 1 heterocycles. The van der Waals surface area contributed by atoms with Gasteiger partial charge in [0.2, 0.25) is 18.2 Å². The maximum Gasteiger partial charge on any atom is 0.247 e. The van der Waals surface area contributed by atoms with Crippen molar-refractivity contribution in [3.8, 4) is 11.5 Å². The molecule has 0 radical (unpaired) electrons. The van der Waals surface area contributed by atoms with E-state index in [2.05, 4.69) is 20.8 Å². The molecule has 19 heavy (non-hydrogen) atoms. The molecule has 2 aromatic rings. The van der Waals surface area contributed by atoms with Crippen LogP contribution in [0.2, 0.25) is 0 Å². The van der Waals surface area contributed by atoms with Crippen LogP contribution in [-0.4, -0.2) is 28.7 Å². The lowest BCUT2D eigenvalue weighted by atomic mass is 10.0. The lowest BCUT2D eigenvalue weighted by Gasteiger charge is -2.22. The molecule has 0 spiro atoms. The van der Waals surface area contributed by atoms with Crippen molar-refractivity contribution in [1.82, 2.24) is 15.5 Å². The van der Waals surface area contributed by atoms with Gasteiger partial charge in [-0.05, 0) is 39.1 Å². The van der Waals surface area contributed by atoms with Gasteiger partial charge in [0, 0.05) is 11.3 Å². The Morgan fingerprint density at radius 3 is 2.79 bits per heavy atom. The van der Waals surface area contributed by atoms with Crippen molar-refractivity contribution in [3.63, 3.8) is 0 Å². The fraction of sp³-hybridized carbons (Fsp3) is 0.308. The van der Waals surface area contributed by atoms with Crippen LogP contribution < -0.4 is 10.6 Å². The molecular weight excluding hydrogens is 244 g/mol. The van der Waals surface area contributed by atoms with Gasteiger partial charge in [-0.1, -0.05) is 6.07 Å². The third-order valence-corrected chi connectivity index (χ3v) is 2.92. The zero-order chi connectivity index (χ0) is 13.9. The van der Waals surface area contributed by atoms with Gasteiger partial charge in [0.05, 0.1) is 5.54 Å². The zero-order valence-electron chi connectivity index (χ0n) is 11.1. The summed E-state index contributed by atoms with van der Waals surface area (Å²) in [6.45, 7) is 3.62. The van der Waals surface area contributed by atoms with E-state index in [9.17, 15) is 4.79 Å². The predicted octanol–water partition coefficient (Wildman–Crippen LogP) is 1.67. The summed E-state index contributed by atoms with van der Waals surface area (Å²) in [4.78, 5) is 12.0. The first-order chi connectivity index (χ1) is 9.03. The van der Waals surface area contributed by atoms with Gasteiger partial charge in [0.25, 0.3) is 0 Å². The number of likely N-dealkylation sites (N-methyl/N-ethyl adjacent to an activating group) is 1. The summed E-state index contributed by atoms with van der Waals surface area (Å²) >= 11 is 0. The van der Waals surface area contributed by atoms with Crippen LogP contribution in [0.1, 0.15) is 13.8 Å². The van der Waals surface area contributed by atoms with Gasteiger partial charge < -0.3 is 15.1 Å². The van der Waals surface area contributed by atoms with Crippen molar-refractivity contribution in [2.45, 2.75) is 19.4 Å². The van der Waals surface area contributed by atoms with Gasteiger partial charge in [-0.25, -0.2) is 0 Å². The SMILES string of the molecule is CNC(C)(C)C(=O)Nc1cccc(-c2nnco2)c1. The van der Waals surface area contributed by atoms with Gasteiger partial charge >= 0.3 is 0 Å². The summed E-state index contributed by atoms with van der Waals surface area (Å²) in [6.07, 6.45) is 1.27. The Morgan fingerprint density at radius 2 is 2.16 bits per heavy atom. The van der Waals surface area contributed by atoms with E-state index < -0.39 is 5.54 Å². The van der Waals surface area contributed by atoms with E-state index in [-0.39, 0.29) is 5.91 Å². The average molecular weight is 260 g/mol. The van der Waals surface area contributed by atoms with Gasteiger partial charge in [0.15, 0.2) is 0 Å². The van der Waals surface area contributed by atoms with Crippen LogP contribution in [0.25, 0.3) is 11.5 Å². The summed E-state index contributed by atoms with van der Waals surface area (Å²) < 4.78 is 5.12. The number of carbonyl (C=O) groups excluding carboxylic acids is 1. The number of nitrogens with zero attached hydrogens (tertiary/aromatic N) is 2. The smallest absolute Gasteiger partial charge is 0.247 e. The first kappa shape index (κ1) is 13.2. The molecule has 6 heteroatoms. The summed E-state index contributed by atoms with van der Waals surface area (Å²) in [5, 5.41) is 13.3. The minimum absolute atomic E-state index is 0.113. The normalized spacial score (nSPS) is 11.3. The number of anilines is 1. The molecule has 6 nitrogen and oxygen atoms in total. The minimum Gasteiger partial charge on any atom is -0.423 e. The Kier molecular flexibility index (Phi) is 3.62. The van der Waals surface area contributed by atoms with Crippen LogP contribution in [0.3, 0.4) is 0 Å². The van der Waals surface area contributed by atoms with E-state index in [1.54, 1.807) is 13.1 Å². The summed E-state index contributed by atoms with van der Waals surface area (Å²) in [6, 6.07) is 7.26. The van der Waals surface area contributed by atoms with Crippen LogP contribution in [0.15, 0.2) is 35.1 Å². The van der Waals surface area contributed by atoms with E-state index in [1.165, 1.54) is 6.39 Å². The zero-order valence-corrected chi connectivity index (χ0v) is 11.1. The van der Waals surface area contributed by atoms with Crippen LogP contribution in [0.5, 0.6) is 0 Å². The van der Waals surface area contributed by atoms with Crippen molar-refractivity contribution in [2.24, 2.45) is 0 Å². The number of nitrogens with one attached hydrogen (secondary N) is 2. The first-order valence-corrected chi connectivity index (χ1v) is 5.90. The third-order valence-electron chi connectivity index (χ3n) is 2.92. The van der Waals surface area contributed by atoms with E-state index in [4.69, 9.17) is 4.42 Å². The molecule has 1 aromatic heterocycles. The van der Waals surface area contributed by atoms with Crippen LogP contribution in [-0.2, 0) is 4.79 Å². The molecular formula is C13H16N4O2. The number of hydrogen-bond donors (Lipinski definition) is 2. The second-order valence-electron chi connectivity index (χ2n) is 4.65. The summed E-state index contributed by atoms with van der Waals surface area (Å²) in [7, 11) is 1.74. The monoisotopic (exact) mass is 260 g/mol. The molecule has 1 amide bonds. The number of hydrogen-bond acceptors (Lipinski definition) is 5. The van der Waals surface area contributed by atoms with E-state index in [1.807, 2.05) is 32.0 Å². The number of carbonyl (C=O) groups is 1. The highest BCUT2D eigenvalue weighted by Crippen LogP contribution is 2.20. The van der Waals surface area contributed by atoms with Crippen LogP contribution in [0.4, 0.5) is 5.69 Å². The number of aromatic nitrogens is 2. The first-order valence-electron chi connectivity index (χ1n) is 5.90. The molecule has 0 fully saturated rings. The molecule has 0 aliphatic rings. The predicted molar refractivity (Wildman–Crippen MR) is 71.5 cm³/mol. The van der Waals surface area contributed by atoms with Crippen molar-refractivity contribution in [1.29, 1.82) is 0 Å². The van der Waals surface area contributed by atoms with Gasteiger partial charge in [-0.3, -0.25) is 4.79 Å². The van der Waals surface area contributed by atoms with Crippen molar-refractivity contribution in [3.05, 3.63) is 30.7 Å². The van der Waals surface area contributed by atoms with E-state index >= 15 is 0 Å². The molecule has 1 aromatic carbocycles. The quantitative estimate of drug-likeness (QED) is 0.874. The fourth-order valence-electron chi connectivity index (χ4n) is 1.43. The highest BCUT2D eigenvalue weighted by Gasteiger charge is 2.25. The highest BCUT2D eigenvalue weighted by molar-refractivity contribution is 5.97. The Hall–Kier alpha value is -2.21. The number of benzene rings is 1. The standard InChI is InChI=1S/C13H16N4O2/c1-13(2,14-3)12(18)16-10-6-4-5-9(7-10)11-17-15-8-19-11/h4-8,14H,1-3H3,(H,16,18). The minimum atomic E-state index is -0.638. The van der Waals surface area contributed by atoms with Crippen LogP contribution in [0, 0.1) is 0 Å². The maximum atomic E-state index is 12.0. The molecule has 0 atom stereocenters. The molecule has 0 aliphatic heterocycles. The fourth-order valence-corrected chi connectivity index (χ4v) is 1.43. The van der Waals surface area contributed by atoms with E-state index in [0.29, 0.717) is 11.6 Å². The number of amides is 1. The van der Waals surface area contributed by atoms with Gasteiger partial charge in [0.1, 0.15) is 0 Å². The molecule has 0 saturated heterocycles. The highest BCUT2D eigenvalue weighted by atomic mass is 16.4. The Labute approximate surface area is 111 Å². The third kappa shape index (κ3) is 2.97.